The lowest BCUT2D eigenvalue weighted by Crippen LogP contribution is -2.51. The Bertz CT molecular complexity index is 1030. The quantitative estimate of drug-likeness (QED) is 0.543. The molecule has 0 heterocycles. The molecule has 0 aliphatic rings. The molecule has 1 N–H and O–H groups in total. The number of anilines is 1. The number of nitrogens with one attached hydrogen (secondary N) is 1. The molecular weight excluding hydrogens is 438 g/mol. The summed E-state index contributed by atoms with van der Waals surface area (Å²) in [6.45, 7) is 7.93. The second kappa shape index (κ2) is 11.8. The maximum absolute atomic E-state index is 13.4. The van der Waals surface area contributed by atoms with Crippen molar-refractivity contribution < 1.29 is 18.0 Å². The Balaban J connectivity index is 2.34. The molecule has 0 saturated heterocycles. The molecule has 2 amide bonds. The third kappa shape index (κ3) is 7.60. The minimum Gasteiger partial charge on any atom is -0.354 e. The zero-order chi connectivity index (χ0) is 24.6. The average Bonchev–Trinajstić information content (AvgIpc) is 2.79. The standard InChI is InChI=1S/C25H35N3O4S/c1-6-16-26-25(30)20(4)27(17-22-10-8-19(3)9-11-22)24(29)18-28(33(5,31)32)23-14-12-21(7-2)13-15-23/h8-15,20H,6-7,16-18H2,1-5H3,(H,26,30)/t20-/m1/s1. The number of benzene rings is 2. The number of sulfonamides is 1. The fraction of sp³-hybridized carbons (Fsp3) is 0.440. The number of hydrogen-bond donors (Lipinski definition) is 1. The van der Waals surface area contributed by atoms with Gasteiger partial charge in [-0.15, -0.1) is 0 Å². The first-order valence-electron chi connectivity index (χ1n) is 11.3. The van der Waals surface area contributed by atoms with E-state index in [-0.39, 0.29) is 19.0 Å². The van der Waals surface area contributed by atoms with Gasteiger partial charge in [0, 0.05) is 13.1 Å². The molecule has 33 heavy (non-hydrogen) atoms. The second-order valence-corrected chi connectivity index (χ2v) is 10.2. The van der Waals surface area contributed by atoms with Crippen molar-refractivity contribution in [3.05, 3.63) is 65.2 Å². The SMILES string of the molecule is CCCNC(=O)[C@@H](C)N(Cc1ccc(C)cc1)C(=O)CN(c1ccc(CC)cc1)S(C)(=O)=O. The summed E-state index contributed by atoms with van der Waals surface area (Å²) < 4.78 is 26.2. The first kappa shape index (κ1) is 26.4. The first-order chi connectivity index (χ1) is 15.6. The van der Waals surface area contributed by atoms with E-state index in [1.807, 2.05) is 57.2 Å². The van der Waals surface area contributed by atoms with E-state index in [0.29, 0.717) is 12.2 Å². The molecule has 7 nitrogen and oxygen atoms in total. The van der Waals surface area contributed by atoms with E-state index in [9.17, 15) is 18.0 Å². The van der Waals surface area contributed by atoms with Crippen molar-refractivity contribution in [3.8, 4) is 0 Å². The summed E-state index contributed by atoms with van der Waals surface area (Å²) in [5.41, 5.74) is 3.44. The van der Waals surface area contributed by atoms with Crippen LogP contribution in [-0.2, 0) is 32.6 Å². The van der Waals surface area contributed by atoms with E-state index >= 15 is 0 Å². The van der Waals surface area contributed by atoms with Gasteiger partial charge in [0.15, 0.2) is 0 Å². The topological polar surface area (TPSA) is 86.8 Å². The van der Waals surface area contributed by atoms with Crippen molar-refractivity contribution in [2.24, 2.45) is 0 Å². The lowest BCUT2D eigenvalue weighted by atomic mass is 10.1. The zero-order valence-electron chi connectivity index (χ0n) is 20.2. The Labute approximate surface area is 197 Å². The highest BCUT2D eigenvalue weighted by atomic mass is 32.2. The van der Waals surface area contributed by atoms with E-state index in [4.69, 9.17) is 0 Å². The van der Waals surface area contributed by atoms with E-state index in [2.05, 4.69) is 5.32 Å². The molecular formula is C25H35N3O4S. The average molecular weight is 474 g/mol. The fourth-order valence-corrected chi connectivity index (χ4v) is 4.23. The molecule has 0 bridgehead atoms. The Hall–Kier alpha value is -2.87. The molecule has 180 valence electrons. The molecule has 2 rings (SSSR count). The van der Waals surface area contributed by atoms with Gasteiger partial charge >= 0.3 is 0 Å². The molecule has 0 unspecified atom stereocenters. The molecule has 8 heteroatoms. The summed E-state index contributed by atoms with van der Waals surface area (Å²) in [7, 11) is -3.72. The number of aryl methyl sites for hydroxylation is 2. The molecule has 0 spiro atoms. The number of nitrogens with zero attached hydrogens (tertiary/aromatic N) is 2. The van der Waals surface area contributed by atoms with Crippen molar-refractivity contribution in [1.82, 2.24) is 10.2 Å². The lowest BCUT2D eigenvalue weighted by molar-refractivity contribution is -0.139. The van der Waals surface area contributed by atoms with Gasteiger partial charge in [-0.3, -0.25) is 13.9 Å². The lowest BCUT2D eigenvalue weighted by Gasteiger charge is -2.31. The number of carbonyl (C=O) groups is 2. The Morgan fingerprint density at radius 1 is 0.970 bits per heavy atom. The molecule has 0 fully saturated rings. The molecule has 2 aromatic carbocycles. The largest absolute Gasteiger partial charge is 0.354 e. The summed E-state index contributed by atoms with van der Waals surface area (Å²) in [4.78, 5) is 27.5. The summed E-state index contributed by atoms with van der Waals surface area (Å²) in [6, 6.07) is 14.0. The summed E-state index contributed by atoms with van der Waals surface area (Å²) in [6.07, 6.45) is 2.68. The Morgan fingerprint density at radius 3 is 2.06 bits per heavy atom. The van der Waals surface area contributed by atoms with Gasteiger partial charge in [-0.2, -0.15) is 0 Å². The van der Waals surface area contributed by atoms with E-state index in [1.165, 1.54) is 4.90 Å². The van der Waals surface area contributed by atoms with Gasteiger partial charge in [-0.25, -0.2) is 8.42 Å². The van der Waals surface area contributed by atoms with Crippen LogP contribution >= 0.6 is 0 Å². The molecule has 0 aliphatic carbocycles. The fourth-order valence-electron chi connectivity index (χ4n) is 3.38. The van der Waals surface area contributed by atoms with Crippen molar-refractivity contribution in [1.29, 1.82) is 0 Å². The van der Waals surface area contributed by atoms with Gasteiger partial charge in [-0.1, -0.05) is 55.8 Å². The van der Waals surface area contributed by atoms with Crippen LogP contribution in [0, 0.1) is 6.92 Å². The number of carbonyl (C=O) groups excluding carboxylic acids is 2. The van der Waals surface area contributed by atoms with Crippen molar-refractivity contribution in [2.45, 2.75) is 53.1 Å². The maximum atomic E-state index is 13.4. The molecule has 0 aliphatic heterocycles. The molecule has 2 aromatic rings. The van der Waals surface area contributed by atoms with E-state index in [0.717, 1.165) is 40.1 Å². The zero-order valence-corrected chi connectivity index (χ0v) is 21.0. The Kier molecular flexibility index (Phi) is 9.46. The predicted octanol–water partition coefficient (Wildman–Crippen LogP) is 3.27. The highest BCUT2D eigenvalue weighted by Gasteiger charge is 2.29. The van der Waals surface area contributed by atoms with Crippen molar-refractivity contribution >= 4 is 27.5 Å². The van der Waals surface area contributed by atoms with Crippen LogP contribution in [0.2, 0.25) is 0 Å². The van der Waals surface area contributed by atoms with Crippen LogP contribution in [0.4, 0.5) is 5.69 Å². The van der Waals surface area contributed by atoms with Crippen LogP contribution in [0.5, 0.6) is 0 Å². The van der Waals surface area contributed by atoms with Crippen molar-refractivity contribution in [3.63, 3.8) is 0 Å². The first-order valence-corrected chi connectivity index (χ1v) is 13.1. The van der Waals surface area contributed by atoms with Crippen LogP contribution in [-0.4, -0.2) is 50.5 Å². The van der Waals surface area contributed by atoms with Gasteiger partial charge in [0.2, 0.25) is 21.8 Å². The predicted molar refractivity (Wildman–Crippen MR) is 133 cm³/mol. The van der Waals surface area contributed by atoms with Gasteiger partial charge in [0.25, 0.3) is 0 Å². The van der Waals surface area contributed by atoms with Gasteiger partial charge in [0.1, 0.15) is 12.6 Å². The summed E-state index contributed by atoms with van der Waals surface area (Å²) in [5, 5.41) is 2.83. The molecule has 0 radical (unpaired) electrons. The molecule has 0 aromatic heterocycles. The minimum atomic E-state index is -3.72. The minimum absolute atomic E-state index is 0.201. The number of hydrogen-bond acceptors (Lipinski definition) is 4. The van der Waals surface area contributed by atoms with E-state index in [1.54, 1.807) is 19.1 Å². The highest BCUT2D eigenvalue weighted by Crippen LogP contribution is 2.20. The normalized spacial score (nSPS) is 12.2. The monoisotopic (exact) mass is 473 g/mol. The highest BCUT2D eigenvalue weighted by molar-refractivity contribution is 7.92. The van der Waals surface area contributed by atoms with E-state index < -0.39 is 22.0 Å². The molecule has 1 atom stereocenters. The second-order valence-electron chi connectivity index (χ2n) is 8.26. The third-order valence-corrected chi connectivity index (χ3v) is 6.64. The van der Waals surface area contributed by atoms with Crippen LogP contribution in [0.3, 0.4) is 0 Å². The Morgan fingerprint density at radius 2 is 1.55 bits per heavy atom. The molecule has 0 saturated carbocycles. The van der Waals surface area contributed by atoms with Crippen LogP contribution in [0.25, 0.3) is 0 Å². The number of rotatable bonds is 11. The van der Waals surface area contributed by atoms with Crippen LogP contribution in [0.1, 0.15) is 43.9 Å². The smallest absolute Gasteiger partial charge is 0.244 e. The maximum Gasteiger partial charge on any atom is 0.244 e. The van der Waals surface area contributed by atoms with Crippen LogP contribution in [0.15, 0.2) is 48.5 Å². The van der Waals surface area contributed by atoms with Gasteiger partial charge in [-0.05, 0) is 49.9 Å². The van der Waals surface area contributed by atoms with Gasteiger partial charge in [0.05, 0.1) is 11.9 Å². The van der Waals surface area contributed by atoms with Crippen LogP contribution < -0.4 is 9.62 Å². The number of amides is 2. The van der Waals surface area contributed by atoms with Gasteiger partial charge < -0.3 is 10.2 Å². The summed E-state index contributed by atoms with van der Waals surface area (Å²) >= 11 is 0. The van der Waals surface area contributed by atoms with Crippen molar-refractivity contribution in [2.75, 3.05) is 23.7 Å². The summed E-state index contributed by atoms with van der Waals surface area (Å²) in [5.74, 6) is -0.713. The third-order valence-electron chi connectivity index (χ3n) is 5.50.